The zero-order chi connectivity index (χ0) is 14.1. The fraction of sp³-hybridized carbons (Fsp3) is 0.308. The van der Waals surface area contributed by atoms with Crippen molar-refractivity contribution < 1.29 is 9.59 Å². The minimum absolute atomic E-state index is 0.249. The first-order valence-electron chi connectivity index (χ1n) is 6.39. The number of nitrogens with two attached hydrogens (primary N) is 1. The fourth-order valence-corrected chi connectivity index (χ4v) is 2.32. The molecule has 1 saturated heterocycles. The van der Waals surface area contributed by atoms with E-state index in [1.54, 1.807) is 6.07 Å². The lowest BCUT2D eigenvalue weighted by molar-refractivity contribution is -0.135. The Kier molecular flexibility index (Phi) is 3.11. The Hall–Kier alpha value is -2.41. The van der Waals surface area contributed by atoms with Gasteiger partial charge in [0.15, 0.2) is 0 Å². The third-order valence-corrected chi connectivity index (χ3v) is 3.23. The number of rotatable bonds is 3. The minimum atomic E-state index is -0.251. The van der Waals surface area contributed by atoms with E-state index in [4.69, 9.17) is 5.73 Å². The highest BCUT2D eigenvalue weighted by atomic mass is 16.2. The number of imide groups is 1. The van der Waals surface area contributed by atoms with E-state index in [2.05, 4.69) is 15.3 Å². The summed E-state index contributed by atoms with van der Waals surface area (Å²) in [6.45, 7) is 1.10. The normalized spacial score (nSPS) is 16.6. The van der Waals surface area contributed by atoms with E-state index in [0.29, 0.717) is 18.7 Å². The Labute approximate surface area is 115 Å². The van der Waals surface area contributed by atoms with Crippen molar-refractivity contribution in [2.75, 3.05) is 25.4 Å². The maximum absolute atomic E-state index is 11.3. The molecule has 0 radical (unpaired) electrons. The molecular weight excluding hydrogens is 258 g/mol. The summed E-state index contributed by atoms with van der Waals surface area (Å²) in [5, 5.41) is 2.28. The zero-order valence-electron chi connectivity index (χ0n) is 10.8. The summed E-state index contributed by atoms with van der Waals surface area (Å²) in [5.74, 6) is 0.321. The zero-order valence-corrected chi connectivity index (χ0v) is 10.8. The van der Waals surface area contributed by atoms with Gasteiger partial charge >= 0.3 is 0 Å². The van der Waals surface area contributed by atoms with E-state index < -0.39 is 0 Å². The van der Waals surface area contributed by atoms with Crippen molar-refractivity contribution >= 4 is 28.5 Å². The number of carbonyl (C=O) groups excluding carboxylic acids is 2. The number of H-pyrrole nitrogens is 1. The number of fused-ring (bicyclic) bond motifs is 1. The number of hydrogen-bond acceptors (Lipinski definition) is 5. The van der Waals surface area contributed by atoms with E-state index in [1.165, 1.54) is 0 Å². The highest BCUT2D eigenvalue weighted by Crippen LogP contribution is 2.15. The summed E-state index contributed by atoms with van der Waals surface area (Å²) in [6.07, 6.45) is 0.648. The summed E-state index contributed by atoms with van der Waals surface area (Å²) in [4.78, 5) is 32.0. The predicted molar refractivity (Wildman–Crippen MR) is 73.8 cm³/mol. The molecule has 1 aromatic heterocycles. The SMILES string of the molecule is Nc1ccc2nc(CCN3CC(=O)NC(=O)C3)[nH]c2c1. The van der Waals surface area contributed by atoms with Gasteiger partial charge in [-0.05, 0) is 18.2 Å². The molecule has 0 bridgehead atoms. The van der Waals surface area contributed by atoms with E-state index in [1.807, 2.05) is 17.0 Å². The molecule has 7 heteroatoms. The monoisotopic (exact) mass is 273 g/mol. The van der Waals surface area contributed by atoms with Crippen molar-refractivity contribution in [2.24, 2.45) is 0 Å². The van der Waals surface area contributed by atoms with Crippen LogP contribution in [0.25, 0.3) is 11.0 Å². The van der Waals surface area contributed by atoms with Crippen LogP contribution in [-0.4, -0.2) is 46.3 Å². The molecule has 1 fully saturated rings. The molecule has 104 valence electrons. The highest BCUT2D eigenvalue weighted by molar-refractivity contribution is 5.99. The second-order valence-electron chi connectivity index (χ2n) is 4.89. The van der Waals surface area contributed by atoms with E-state index in [0.717, 1.165) is 16.9 Å². The average Bonchev–Trinajstić information content (AvgIpc) is 2.77. The molecule has 0 atom stereocenters. The van der Waals surface area contributed by atoms with Crippen LogP contribution < -0.4 is 11.1 Å². The van der Waals surface area contributed by atoms with Gasteiger partial charge in [0.2, 0.25) is 11.8 Å². The average molecular weight is 273 g/mol. The number of aromatic amines is 1. The van der Waals surface area contributed by atoms with Gasteiger partial charge in [0, 0.05) is 18.7 Å². The number of amides is 2. The number of nitrogens with zero attached hydrogens (tertiary/aromatic N) is 2. The van der Waals surface area contributed by atoms with E-state index in [9.17, 15) is 9.59 Å². The number of benzene rings is 1. The lowest BCUT2D eigenvalue weighted by Crippen LogP contribution is -2.51. The maximum atomic E-state index is 11.3. The molecule has 0 spiro atoms. The van der Waals surface area contributed by atoms with Gasteiger partial charge in [0.1, 0.15) is 5.82 Å². The number of aromatic nitrogens is 2. The molecule has 0 unspecified atom stereocenters. The lowest BCUT2D eigenvalue weighted by Gasteiger charge is -2.24. The molecule has 0 aliphatic carbocycles. The highest BCUT2D eigenvalue weighted by Gasteiger charge is 2.22. The third kappa shape index (κ3) is 2.62. The quantitative estimate of drug-likeness (QED) is 0.523. The van der Waals surface area contributed by atoms with Crippen LogP contribution >= 0.6 is 0 Å². The fourth-order valence-electron chi connectivity index (χ4n) is 2.32. The van der Waals surface area contributed by atoms with Gasteiger partial charge in [-0.25, -0.2) is 4.98 Å². The number of nitrogen functional groups attached to an aromatic ring is 1. The Bertz CT molecular complexity index is 662. The second-order valence-corrected chi connectivity index (χ2v) is 4.89. The van der Waals surface area contributed by atoms with Crippen LogP contribution in [0.1, 0.15) is 5.82 Å². The lowest BCUT2D eigenvalue weighted by atomic mass is 10.3. The van der Waals surface area contributed by atoms with Crippen molar-refractivity contribution in [3.63, 3.8) is 0 Å². The van der Waals surface area contributed by atoms with Crippen LogP contribution in [0.4, 0.5) is 5.69 Å². The van der Waals surface area contributed by atoms with E-state index in [-0.39, 0.29) is 24.9 Å². The molecule has 2 aromatic rings. The van der Waals surface area contributed by atoms with Crippen LogP contribution in [0.15, 0.2) is 18.2 Å². The number of hydrogen-bond donors (Lipinski definition) is 3. The van der Waals surface area contributed by atoms with Crippen molar-refractivity contribution in [1.82, 2.24) is 20.2 Å². The Morgan fingerprint density at radius 1 is 1.25 bits per heavy atom. The first-order chi connectivity index (χ1) is 9.60. The van der Waals surface area contributed by atoms with Gasteiger partial charge in [-0.15, -0.1) is 0 Å². The third-order valence-electron chi connectivity index (χ3n) is 3.23. The molecule has 1 aliphatic heterocycles. The summed E-state index contributed by atoms with van der Waals surface area (Å²) in [5.41, 5.74) is 8.16. The van der Waals surface area contributed by atoms with Gasteiger partial charge in [-0.1, -0.05) is 0 Å². The first-order valence-corrected chi connectivity index (χ1v) is 6.39. The van der Waals surface area contributed by atoms with Crippen molar-refractivity contribution in [1.29, 1.82) is 0 Å². The van der Waals surface area contributed by atoms with Crippen LogP contribution in [0.5, 0.6) is 0 Å². The van der Waals surface area contributed by atoms with Gasteiger partial charge in [0.25, 0.3) is 0 Å². The number of anilines is 1. The van der Waals surface area contributed by atoms with Crippen molar-refractivity contribution in [3.05, 3.63) is 24.0 Å². The van der Waals surface area contributed by atoms with Gasteiger partial charge in [-0.3, -0.25) is 19.8 Å². The molecule has 7 nitrogen and oxygen atoms in total. The van der Waals surface area contributed by atoms with E-state index >= 15 is 0 Å². The Morgan fingerprint density at radius 3 is 2.75 bits per heavy atom. The number of nitrogens with one attached hydrogen (secondary N) is 2. The summed E-state index contributed by atoms with van der Waals surface area (Å²) >= 11 is 0. The largest absolute Gasteiger partial charge is 0.399 e. The van der Waals surface area contributed by atoms with Crippen LogP contribution in [0, 0.1) is 0 Å². The second kappa shape index (κ2) is 4.93. The van der Waals surface area contributed by atoms with Gasteiger partial charge in [0.05, 0.1) is 24.1 Å². The van der Waals surface area contributed by atoms with Crippen molar-refractivity contribution in [2.45, 2.75) is 6.42 Å². The minimum Gasteiger partial charge on any atom is -0.399 e. The number of carbonyl (C=O) groups is 2. The summed E-state index contributed by atoms with van der Waals surface area (Å²) in [6, 6.07) is 5.51. The molecule has 3 rings (SSSR count). The number of piperazine rings is 1. The standard InChI is InChI=1S/C13H15N5O2/c14-8-1-2-9-10(5-8)16-11(15-9)3-4-18-6-12(19)17-13(20)7-18/h1-2,5H,3-4,6-7,14H2,(H,15,16)(H,17,19,20). The predicted octanol–water partition coefficient (Wildman–Crippen LogP) is -0.354. The topological polar surface area (TPSA) is 104 Å². The first kappa shape index (κ1) is 12.6. The summed E-state index contributed by atoms with van der Waals surface area (Å²) < 4.78 is 0. The van der Waals surface area contributed by atoms with Crippen LogP contribution in [0.2, 0.25) is 0 Å². The van der Waals surface area contributed by atoms with Crippen molar-refractivity contribution in [3.8, 4) is 0 Å². The molecule has 2 heterocycles. The molecule has 1 aromatic carbocycles. The molecular formula is C13H15N5O2. The molecule has 1 aliphatic rings. The van der Waals surface area contributed by atoms with Gasteiger partial charge in [-0.2, -0.15) is 0 Å². The molecule has 20 heavy (non-hydrogen) atoms. The van der Waals surface area contributed by atoms with Crippen LogP contribution in [-0.2, 0) is 16.0 Å². The Morgan fingerprint density at radius 2 is 2.00 bits per heavy atom. The van der Waals surface area contributed by atoms with Gasteiger partial charge < -0.3 is 10.7 Å². The molecule has 2 amide bonds. The van der Waals surface area contributed by atoms with Crippen LogP contribution in [0.3, 0.4) is 0 Å². The summed E-state index contributed by atoms with van der Waals surface area (Å²) in [7, 11) is 0. The Balaban J connectivity index is 1.67. The molecule has 0 saturated carbocycles. The number of imidazole rings is 1. The smallest absolute Gasteiger partial charge is 0.240 e. The maximum Gasteiger partial charge on any atom is 0.240 e. The molecule has 4 N–H and O–H groups in total.